The Hall–Kier alpha value is -0.880. The van der Waals surface area contributed by atoms with Crippen LogP contribution in [0.15, 0.2) is 36.9 Å². The summed E-state index contributed by atoms with van der Waals surface area (Å²) in [5.74, 6) is -0.360. The zero-order valence-electron chi connectivity index (χ0n) is 13.3. The van der Waals surface area contributed by atoms with Gasteiger partial charge in [-0.2, -0.15) is 0 Å². The average molecular weight is 403 g/mol. The summed E-state index contributed by atoms with van der Waals surface area (Å²) in [5.41, 5.74) is 2.60. The molecule has 0 amide bonds. The van der Waals surface area contributed by atoms with Crippen LogP contribution in [0.3, 0.4) is 0 Å². The zero-order chi connectivity index (χ0) is 15.0. The number of rotatable bonds is 8. The van der Waals surface area contributed by atoms with Gasteiger partial charge in [0.15, 0.2) is 0 Å². The van der Waals surface area contributed by atoms with Crippen molar-refractivity contribution >= 4 is 5.97 Å². The quantitative estimate of drug-likeness (QED) is 0.276. The SMILES string of the molecule is C=CC(=O)O[N+](CC)(CC)Cc1ccccc1CCC.[I-]. The van der Waals surface area contributed by atoms with Gasteiger partial charge in [-0.25, -0.2) is 4.79 Å². The summed E-state index contributed by atoms with van der Waals surface area (Å²) in [7, 11) is 0. The fraction of sp³-hybridized carbons (Fsp3) is 0.471. The Morgan fingerprint density at radius 1 is 1.19 bits per heavy atom. The summed E-state index contributed by atoms with van der Waals surface area (Å²) in [6.07, 6.45) is 3.40. The summed E-state index contributed by atoms with van der Waals surface area (Å²) >= 11 is 0. The number of quaternary nitrogens is 1. The number of aryl methyl sites for hydroxylation is 1. The van der Waals surface area contributed by atoms with Crippen molar-refractivity contribution in [3.8, 4) is 0 Å². The van der Waals surface area contributed by atoms with Crippen molar-refractivity contribution in [1.82, 2.24) is 0 Å². The second-order valence-corrected chi connectivity index (χ2v) is 4.98. The summed E-state index contributed by atoms with van der Waals surface area (Å²) in [5, 5.41) is 0. The minimum Gasteiger partial charge on any atom is -1.00 e. The Balaban J connectivity index is 0.00000400. The topological polar surface area (TPSA) is 26.3 Å². The van der Waals surface area contributed by atoms with Gasteiger partial charge < -0.3 is 24.0 Å². The Morgan fingerprint density at radius 3 is 2.24 bits per heavy atom. The molecule has 1 rings (SSSR count). The van der Waals surface area contributed by atoms with Crippen LogP contribution in [0.2, 0.25) is 0 Å². The van der Waals surface area contributed by atoms with E-state index in [1.165, 1.54) is 17.2 Å². The van der Waals surface area contributed by atoms with Gasteiger partial charge in [0.2, 0.25) is 0 Å². The second kappa shape index (κ2) is 9.95. The van der Waals surface area contributed by atoms with Crippen molar-refractivity contribution in [3.05, 3.63) is 48.0 Å². The predicted octanol–water partition coefficient (Wildman–Crippen LogP) is 0.644. The molecule has 0 atom stereocenters. The average Bonchev–Trinajstić information content (AvgIpc) is 2.48. The molecule has 0 unspecified atom stereocenters. The van der Waals surface area contributed by atoms with E-state index in [-0.39, 0.29) is 29.9 Å². The molecule has 118 valence electrons. The molecule has 1 aromatic rings. The lowest BCUT2D eigenvalue weighted by Gasteiger charge is -2.32. The molecule has 0 N–H and O–H groups in total. The molecule has 0 fully saturated rings. The van der Waals surface area contributed by atoms with E-state index in [1.807, 2.05) is 19.9 Å². The third-order valence-corrected chi connectivity index (χ3v) is 3.70. The Morgan fingerprint density at radius 2 is 1.76 bits per heavy atom. The largest absolute Gasteiger partial charge is 1.00 e. The van der Waals surface area contributed by atoms with Crippen LogP contribution in [0.1, 0.15) is 38.3 Å². The van der Waals surface area contributed by atoms with Gasteiger partial charge in [0, 0.05) is 11.6 Å². The van der Waals surface area contributed by atoms with Crippen LogP contribution in [0.4, 0.5) is 0 Å². The van der Waals surface area contributed by atoms with Crippen LogP contribution < -0.4 is 24.0 Å². The third kappa shape index (κ3) is 5.79. The Kier molecular flexibility index (Phi) is 9.53. The standard InChI is InChI=1S/C17H26NO2.HI/c1-5-11-15-12-9-10-13-16(15)14-18(7-3,8-4)20-17(19)6-2;/h6,9-10,12-13H,2,5,7-8,11,14H2,1,3-4H3;1H/q+1;/p-1. The van der Waals surface area contributed by atoms with Crippen LogP contribution in [0.25, 0.3) is 0 Å². The van der Waals surface area contributed by atoms with Crippen molar-refractivity contribution in [1.29, 1.82) is 0 Å². The van der Waals surface area contributed by atoms with E-state index < -0.39 is 0 Å². The van der Waals surface area contributed by atoms with Gasteiger partial charge in [0.1, 0.15) is 19.6 Å². The van der Waals surface area contributed by atoms with Crippen molar-refractivity contribution in [2.24, 2.45) is 0 Å². The zero-order valence-corrected chi connectivity index (χ0v) is 15.4. The first kappa shape index (κ1) is 20.1. The normalized spacial score (nSPS) is 10.6. The number of benzene rings is 1. The molecular weight excluding hydrogens is 377 g/mol. The number of hydrogen-bond donors (Lipinski definition) is 0. The summed E-state index contributed by atoms with van der Waals surface area (Å²) in [6, 6.07) is 8.40. The van der Waals surface area contributed by atoms with Crippen LogP contribution in [0, 0.1) is 0 Å². The van der Waals surface area contributed by atoms with E-state index in [4.69, 9.17) is 4.84 Å². The Bertz CT molecular complexity index is 456. The van der Waals surface area contributed by atoms with Crippen LogP contribution in [-0.4, -0.2) is 23.7 Å². The molecule has 0 aliphatic heterocycles. The first-order chi connectivity index (χ1) is 9.60. The molecule has 3 nitrogen and oxygen atoms in total. The highest BCUT2D eigenvalue weighted by atomic mass is 127. The van der Waals surface area contributed by atoms with E-state index in [1.54, 1.807) is 0 Å². The smallest absolute Gasteiger partial charge is 0.389 e. The molecule has 1 aromatic carbocycles. The van der Waals surface area contributed by atoms with Gasteiger partial charge >= 0.3 is 5.97 Å². The predicted molar refractivity (Wildman–Crippen MR) is 81.8 cm³/mol. The van der Waals surface area contributed by atoms with E-state index in [9.17, 15) is 4.79 Å². The minimum atomic E-state index is -0.360. The lowest BCUT2D eigenvalue weighted by Crippen LogP contribution is -3.00. The highest BCUT2D eigenvalue weighted by Gasteiger charge is 2.30. The van der Waals surface area contributed by atoms with Gasteiger partial charge in [-0.3, -0.25) is 4.84 Å². The molecule has 0 saturated carbocycles. The van der Waals surface area contributed by atoms with E-state index in [0.29, 0.717) is 11.2 Å². The molecular formula is C17H26INO2. The first-order valence-corrected chi connectivity index (χ1v) is 7.39. The number of hydroxylamine groups is 3. The maximum absolute atomic E-state index is 11.6. The minimum absolute atomic E-state index is 0. The van der Waals surface area contributed by atoms with E-state index >= 15 is 0 Å². The number of nitrogens with zero attached hydrogens (tertiary/aromatic N) is 1. The lowest BCUT2D eigenvalue weighted by atomic mass is 10.0. The van der Waals surface area contributed by atoms with E-state index in [0.717, 1.165) is 25.9 Å². The molecule has 0 saturated heterocycles. The number of halogens is 1. The van der Waals surface area contributed by atoms with Gasteiger partial charge in [-0.05, 0) is 25.8 Å². The van der Waals surface area contributed by atoms with Crippen LogP contribution in [0.5, 0.6) is 0 Å². The monoisotopic (exact) mass is 403 g/mol. The maximum atomic E-state index is 11.6. The maximum Gasteiger partial charge on any atom is 0.389 e. The van der Waals surface area contributed by atoms with Gasteiger partial charge in [0.25, 0.3) is 0 Å². The molecule has 21 heavy (non-hydrogen) atoms. The summed E-state index contributed by atoms with van der Waals surface area (Å²) in [6.45, 7) is 12.0. The van der Waals surface area contributed by atoms with Gasteiger partial charge in [-0.1, -0.05) is 44.2 Å². The highest BCUT2D eigenvalue weighted by Crippen LogP contribution is 2.20. The summed E-state index contributed by atoms with van der Waals surface area (Å²) < 4.78 is 0.311. The van der Waals surface area contributed by atoms with Crippen molar-refractivity contribution in [2.75, 3.05) is 13.1 Å². The van der Waals surface area contributed by atoms with Gasteiger partial charge in [-0.15, -0.1) is 4.65 Å². The van der Waals surface area contributed by atoms with Crippen LogP contribution in [-0.2, 0) is 22.6 Å². The van der Waals surface area contributed by atoms with Crippen LogP contribution >= 0.6 is 0 Å². The van der Waals surface area contributed by atoms with Gasteiger partial charge in [0.05, 0.1) is 0 Å². The fourth-order valence-electron chi connectivity index (χ4n) is 2.37. The first-order valence-electron chi connectivity index (χ1n) is 7.39. The molecule has 0 aliphatic rings. The molecule has 0 aliphatic carbocycles. The van der Waals surface area contributed by atoms with Crippen molar-refractivity contribution < 1.29 is 38.3 Å². The lowest BCUT2D eigenvalue weighted by molar-refractivity contribution is -1.10. The molecule has 0 radical (unpaired) electrons. The second-order valence-electron chi connectivity index (χ2n) is 4.98. The van der Waals surface area contributed by atoms with Crippen molar-refractivity contribution in [2.45, 2.75) is 40.2 Å². The number of hydrogen-bond acceptors (Lipinski definition) is 2. The highest BCUT2D eigenvalue weighted by molar-refractivity contribution is 5.80. The molecule has 0 aromatic heterocycles. The third-order valence-electron chi connectivity index (χ3n) is 3.70. The van der Waals surface area contributed by atoms with E-state index in [2.05, 4.69) is 31.7 Å². The molecule has 4 heteroatoms. The fourth-order valence-corrected chi connectivity index (χ4v) is 2.37. The molecule has 0 spiro atoms. The Labute approximate surface area is 145 Å². The molecule has 0 bridgehead atoms. The molecule has 0 heterocycles. The number of carbonyl (C=O) groups is 1. The number of carbonyl (C=O) groups excluding carboxylic acids is 1. The summed E-state index contributed by atoms with van der Waals surface area (Å²) in [4.78, 5) is 17.2. The van der Waals surface area contributed by atoms with Crippen molar-refractivity contribution in [3.63, 3.8) is 0 Å².